The number of esters is 1. The van der Waals surface area contributed by atoms with Gasteiger partial charge in [0.25, 0.3) is 5.91 Å². The first-order valence-electron chi connectivity index (χ1n) is 7.88. The van der Waals surface area contributed by atoms with Crippen LogP contribution in [0.2, 0.25) is 0 Å². The van der Waals surface area contributed by atoms with Crippen molar-refractivity contribution in [1.82, 2.24) is 4.90 Å². The van der Waals surface area contributed by atoms with Gasteiger partial charge >= 0.3 is 5.97 Å². The van der Waals surface area contributed by atoms with Crippen molar-refractivity contribution in [3.63, 3.8) is 0 Å². The largest absolute Gasteiger partial charge is 0.448 e. The van der Waals surface area contributed by atoms with Crippen molar-refractivity contribution < 1.29 is 14.3 Å². The molecule has 4 heteroatoms. The molecule has 1 aliphatic carbocycles. The molecular weight excluding hydrogens is 254 g/mol. The summed E-state index contributed by atoms with van der Waals surface area (Å²) in [7, 11) is 0. The van der Waals surface area contributed by atoms with Gasteiger partial charge in [-0.05, 0) is 32.6 Å². The maximum atomic E-state index is 13.1. The minimum Gasteiger partial charge on any atom is -0.448 e. The first kappa shape index (κ1) is 13.9. The van der Waals surface area contributed by atoms with E-state index in [0.717, 1.165) is 32.4 Å². The number of likely N-dealkylation sites (tertiary alicyclic amines) is 1. The number of hydrogen-bond donors (Lipinski definition) is 0. The SMILES string of the molecule is CC1(C)[C@]2(C)CC[C@]1(C(=O)N1CCCCCC1)OC2=O. The second-order valence-corrected chi connectivity index (χ2v) is 7.38. The summed E-state index contributed by atoms with van der Waals surface area (Å²) >= 11 is 0. The molecule has 1 saturated carbocycles. The van der Waals surface area contributed by atoms with Gasteiger partial charge in [-0.15, -0.1) is 0 Å². The van der Waals surface area contributed by atoms with Crippen LogP contribution in [-0.4, -0.2) is 35.5 Å². The summed E-state index contributed by atoms with van der Waals surface area (Å²) in [6.45, 7) is 7.64. The summed E-state index contributed by atoms with van der Waals surface area (Å²) in [6.07, 6.45) is 5.95. The molecule has 0 aromatic carbocycles. The standard InChI is InChI=1S/C16H25NO3/c1-14(2)15(3)8-9-16(14,20-13(15)19)12(18)17-10-6-4-5-7-11-17/h4-11H2,1-3H3/t15-,16-/m1/s1. The maximum absolute atomic E-state index is 13.1. The second-order valence-electron chi connectivity index (χ2n) is 7.38. The van der Waals surface area contributed by atoms with Crippen LogP contribution in [0.25, 0.3) is 0 Å². The smallest absolute Gasteiger partial charge is 0.313 e. The van der Waals surface area contributed by atoms with E-state index in [4.69, 9.17) is 4.74 Å². The molecule has 0 spiro atoms. The second kappa shape index (κ2) is 4.22. The molecule has 0 aromatic heterocycles. The monoisotopic (exact) mass is 279 g/mol. The molecule has 2 aliphatic heterocycles. The molecule has 1 amide bonds. The number of amides is 1. The minimum atomic E-state index is -0.914. The fraction of sp³-hybridized carbons (Fsp3) is 0.875. The van der Waals surface area contributed by atoms with Crippen LogP contribution in [0.5, 0.6) is 0 Å². The lowest BCUT2D eigenvalue weighted by atomic mass is 9.66. The molecule has 2 saturated heterocycles. The van der Waals surface area contributed by atoms with E-state index in [2.05, 4.69) is 0 Å². The molecule has 20 heavy (non-hydrogen) atoms. The normalized spacial score (nSPS) is 39.5. The quantitative estimate of drug-likeness (QED) is 0.693. The summed E-state index contributed by atoms with van der Waals surface area (Å²) in [6, 6.07) is 0. The van der Waals surface area contributed by atoms with Gasteiger partial charge < -0.3 is 9.64 Å². The highest BCUT2D eigenvalue weighted by molar-refractivity contribution is 5.96. The lowest BCUT2D eigenvalue weighted by Gasteiger charge is -2.38. The van der Waals surface area contributed by atoms with Crippen LogP contribution in [0.1, 0.15) is 59.3 Å². The molecule has 3 fully saturated rings. The summed E-state index contributed by atoms with van der Waals surface area (Å²) in [5.41, 5.74) is -1.84. The Hall–Kier alpha value is -1.06. The van der Waals surface area contributed by atoms with Gasteiger partial charge in [0, 0.05) is 18.5 Å². The lowest BCUT2D eigenvalue weighted by molar-refractivity contribution is -0.174. The van der Waals surface area contributed by atoms with Gasteiger partial charge in [0.2, 0.25) is 0 Å². The number of carbonyl (C=O) groups excluding carboxylic acids is 2. The van der Waals surface area contributed by atoms with E-state index in [1.807, 2.05) is 25.7 Å². The summed E-state index contributed by atoms with van der Waals surface area (Å²) < 4.78 is 5.69. The van der Waals surface area contributed by atoms with Gasteiger partial charge in [-0.3, -0.25) is 9.59 Å². The number of hydrogen-bond acceptors (Lipinski definition) is 3. The van der Waals surface area contributed by atoms with E-state index >= 15 is 0 Å². The Kier molecular flexibility index (Phi) is 2.93. The van der Waals surface area contributed by atoms with E-state index in [1.54, 1.807) is 0 Å². The van der Waals surface area contributed by atoms with E-state index in [9.17, 15) is 9.59 Å². The average molecular weight is 279 g/mol. The highest BCUT2D eigenvalue weighted by Crippen LogP contribution is 2.65. The zero-order valence-corrected chi connectivity index (χ0v) is 12.8. The van der Waals surface area contributed by atoms with Gasteiger partial charge in [-0.25, -0.2) is 0 Å². The predicted molar refractivity (Wildman–Crippen MR) is 75.0 cm³/mol. The molecule has 2 heterocycles. The third-order valence-electron chi connectivity index (χ3n) is 6.32. The van der Waals surface area contributed by atoms with Gasteiger partial charge in [-0.1, -0.05) is 26.7 Å². The van der Waals surface area contributed by atoms with Crippen molar-refractivity contribution in [2.45, 2.75) is 64.9 Å². The molecular formula is C16H25NO3. The Labute approximate surface area is 120 Å². The Morgan fingerprint density at radius 1 is 1.05 bits per heavy atom. The fourth-order valence-electron chi connectivity index (χ4n) is 4.25. The summed E-state index contributed by atoms with van der Waals surface area (Å²) in [5.74, 6) is -0.129. The van der Waals surface area contributed by atoms with Crippen molar-refractivity contribution in [2.75, 3.05) is 13.1 Å². The average Bonchev–Trinajstić information content (AvgIpc) is 2.68. The topological polar surface area (TPSA) is 46.6 Å². The van der Waals surface area contributed by atoms with Gasteiger partial charge in [-0.2, -0.15) is 0 Å². The molecule has 0 N–H and O–H groups in total. The fourth-order valence-corrected chi connectivity index (χ4v) is 4.25. The molecule has 0 aromatic rings. The van der Waals surface area contributed by atoms with Crippen LogP contribution < -0.4 is 0 Å². The third kappa shape index (κ3) is 1.48. The van der Waals surface area contributed by atoms with E-state index < -0.39 is 16.4 Å². The number of nitrogens with zero attached hydrogens (tertiary/aromatic N) is 1. The van der Waals surface area contributed by atoms with Crippen molar-refractivity contribution >= 4 is 11.9 Å². The lowest BCUT2D eigenvalue weighted by Crippen LogP contribution is -2.55. The number of rotatable bonds is 1. The van der Waals surface area contributed by atoms with Crippen molar-refractivity contribution in [3.8, 4) is 0 Å². The van der Waals surface area contributed by atoms with Gasteiger partial charge in [0.15, 0.2) is 5.60 Å². The zero-order chi connectivity index (χ0) is 14.6. The molecule has 4 nitrogen and oxygen atoms in total. The molecule has 2 bridgehead atoms. The van der Waals surface area contributed by atoms with Crippen LogP contribution in [-0.2, 0) is 14.3 Å². The molecule has 0 radical (unpaired) electrons. The number of ether oxygens (including phenoxy) is 1. The van der Waals surface area contributed by atoms with Crippen molar-refractivity contribution in [1.29, 1.82) is 0 Å². The Morgan fingerprint density at radius 3 is 2.10 bits per heavy atom. The number of fused-ring (bicyclic) bond motifs is 2. The van der Waals surface area contributed by atoms with E-state index in [-0.39, 0.29) is 11.9 Å². The van der Waals surface area contributed by atoms with E-state index in [0.29, 0.717) is 6.42 Å². The molecule has 0 unspecified atom stereocenters. The Morgan fingerprint density at radius 2 is 1.65 bits per heavy atom. The zero-order valence-electron chi connectivity index (χ0n) is 12.8. The summed E-state index contributed by atoms with van der Waals surface area (Å²) in [5, 5.41) is 0. The van der Waals surface area contributed by atoms with Crippen LogP contribution in [0.15, 0.2) is 0 Å². The van der Waals surface area contributed by atoms with Crippen molar-refractivity contribution in [2.24, 2.45) is 10.8 Å². The third-order valence-corrected chi connectivity index (χ3v) is 6.32. The molecule has 2 atom stereocenters. The minimum absolute atomic E-state index is 0.0546. The predicted octanol–water partition coefficient (Wildman–Crippen LogP) is 2.51. The van der Waals surface area contributed by atoms with Crippen LogP contribution in [0.4, 0.5) is 0 Å². The van der Waals surface area contributed by atoms with Crippen molar-refractivity contribution in [3.05, 3.63) is 0 Å². The van der Waals surface area contributed by atoms with Gasteiger partial charge in [0.05, 0.1) is 5.41 Å². The summed E-state index contributed by atoms with van der Waals surface area (Å²) in [4.78, 5) is 27.3. The maximum Gasteiger partial charge on any atom is 0.313 e. The van der Waals surface area contributed by atoms with Crippen LogP contribution in [0.3, 0.4) is 0 Å². The molecule has 3 aliphatic rings. The van der Waals surface area contributed by atoms with E-state index in [1.165, 1.54) is 12.8 Å². The van der Waals surface area contributed by atoms with Crippen LogP contribution >= 0.6 is 0 Å². The first-order chi connectivity index (χ1) is 9.35. The first-order valence-corrected chi connectivity index (χ1v) is 7.88. The van der Waals surface area contributed by atoms with Gasteiger partial charge in [0.1, 0.15) is 0 Å². The Bertz CT molecular complexity index is 451. The Balaban J connectivity index is 1.92. The van der Waals surface area contributed by atoms with Crippen LogP contribution in [0, 0.1) is 10.8 Å². The number of carbonyl (C=O) groups is 2. The highest BCUT2D eigenvalue weighted by atomic mass is 16.6. The molecule has 112 valence electrons. The molecule has 3 rings (SSSR count). The highest BCUT2D eigenvalue weighted by Gasteiger charge is 2.76.